The van der Waals surface area contributed by atoms with Crippen LogP contribution >= 0.6 is 12.2 Å². The third kappa shape index (κ3) is 3.80. The van der Waals surface area contributed by atoms with Crippen molar-refractivity contribution in [3.63, 3.8) is 0 Å². The molecule has 1 aromatic rings. The molecule has 0 unspecified atom stereocenters. The monoisotopic (exact) mass is 252 g/mol. The lowest BCUT2D eigenvalue weighted by atomic mass is 10.1. The van der Waals surface area contributed by atoms with Gasteiger partial charge >= 0.3 is 0 Å². The first-order valence-electron chi connectivity index (χ1n) is 4.91. The van der Waals surface area contributed by atoms with Gasteiger partial charge in [0.15, 0.2) is 5.11 Å². The SMILES string of the molecule is CCC(=NNC(N)=S)c1cccc([N+](=O)[O-])c1. The third-order valence-electron chi connectivity index (χ3n) is 2.03. The van der Waals surface area contributed by atoms with Gasteiger partial charge in [-0.05, 0) is 18.6 Å². The van der Waals surface area contributed by atoms with Gasteiger partial charge < -0.3 is 5.73 Å². The molecule has 0 amide bonds. The number of hydrazone groups is 1. The molecule has 90 valence electrons. The van der Waals surface area contributed by atoms with E-state index in [4.69, 9.17) is 5.73 Å². The number of nitrogens with zero attached hydrogens (tertiary/aromatic N) is 2. The Labute approximate surface area is 104 Å². The summed E-state index contributed by atoms with van der Waals surface area (Å²) in [4.78, 5) is 10.2. The highest BCUT2D eigenvalue weighted by molar-refractivity contribution is 7.80. The zero-order chi connectivity index (χ0) is 12.8. The molecule has 0 spiro atoms. The van der Waals surface area contributed by atoms with Crippen LogP contribution in [0, 0.1) is 10.1 Å². The zero-order valence-electron chi connectivity index (χ0n) is 9.21. The predicted molar refractivity (Wildman–Crippen MR) is 69.8 cm³/mol. The molecule has 0 aliphatic carbocycles. The van der Waals surface area contributed by atoms with Crippen LogP contribution in [-0.4, -0.2) is 15.7 Å². The van der Waals surface area contributed by atoms with E-state index in [1.807, 2.05) is 6.92 Å². The fraction of sp³-hybridized carbons (Fsp3) is 0.200. The Balaban J connectivity index is 3.03. The maximum absolute atomic E-state index is 10.6. The Morgan fingerprint density at radius 3 is 2.88 bits per heavy atom. The van der Waals surface area contributed by atoms with Gasteiger partial charge in [-0.1, -0.05) is 19.1 Å². The minimum atomic E-state index is -0.447. The van der Waals surface area contributed by atoms with Gasteiger partial charge in [-0.25, -0.2) is 0 Å². The molecular weight excluding hydrogens is 240 g/mol. The molecule has 0 aliphatic heterocycles. The zero-order valence-corrected chi connectivity index (χ0v) is 10.0. The first-order valence-corrected chi connectivity index (χ1v) is 5.32. The maximum atomic E-state index is 10.6. The molecular formula is C10H12N4O2S. The van der Waals surface area contributed by atoms with Crippen molar-refractivity contribution in [2.75, 3.05) is 0 Å². The number of rotatable bonds is 4. The first kappa shape index (κ1) is 13.0. The highest BCUT2D eigenvalue weighted by Gasteiger charge is 2.08. The minimum Gasteiger partial charge on any atom is -0.375 e. The summed E-state index contributed by atoms with van der Waals surface area (Å²) >= 11 is 4.63. The maximum Gasteiger partial charge on any atom is 0.270 e. The summed E-state index contributed by atoms with van der Waals surface area (Å²) in [5.41, 5.74) is 9.08. The van der Waals surface area contributed by atoms with E-state index < -0.39 is 4.92 Å². The van der Waals surface area contributed by atoms with Crippen LogP contribution < -0.4 is 11.2 Å². The molecule has 17 heavy (non-hydrogen) atoms. The Hall–Kier alpha value is -2.02. The number of nitro benzene ring substituents is 1. The van der Waals surface area contributed by atoms with Crippen molar-refractivity contribution in [2.45, 2.75) is 13.3 Å². The van der Waals surface area contributed by atoms with Gasteiger partial charge in [0.1, 0.15) is 0 Å². The molecule has 0 heterocycles. The molecule has 0 aliphatic rings. The highest BCUT2D eigenvalue weighted by Crippen LogP contribution is 2.14. The minimum absolute atomic E-state index is 0.0268. The van der Waals surface area contributed by atoms with Crippen molar-refractivity contribution in [3.05, 3.63) is 39.9 Å². The predicted octanol–water partition coefficient (Wildman–Crippen LogP) is 1.54. The van der Waals surface area contributed by atoms with E-state index in [1.165, 1.54) is 12.1 Å². The van der Waals surface area contributed by atoms with Crippen LogP contribution in [0.2, 0.25) is 0 Å². The van der Waals surface area contributed by atoms with Crippen LogP contribution in [0.25, 0.3) is 0 Å². The average Bonchev–Trinajstić information content (AvgIpc) is 2.30. The van der Waals surface area contributed by atoms with Crippen molar-refractivity contribution in [3.8, 4) is 0 Å². The molecule has 0 radical (unpaired) electrons. The van der Waals surface area contributed by atoms with E-state index in [-0.39, 0.29) is 10.8 Å². The normalized spacial score (nSPS) is 11.0. The Morgan fingerprint density at radius 1 is 1.65 bits per heavy atom. The highest BCUT2D eigenvalue weighted by atomic mass is 32.1. The Morgan fingerprint density at radius 2 is 2.35 bits per heavy atom. The molecule has 6 nitrogen and oxygen atoms in total. The van der Waals surface area contributed by atoms with Crippen molar-refractivity contribution < 1.29 is 4.92 Å². The second kappa shape index (κ2) is 5.90. The smallest absolute Gasteiger partial charge is 0.270 e. The summed E-state index contributed by atoms with van der Waals surface area (Å²) < 4.78 is 0. The standard InChI is InChI=1S/C10H12N4O2S/c1-2-9(12-13-10(11)17)7-4-3-5-8(6-7)14(15)16/h3-6H,2H2,1H3,(H3,11,13,17). The van der Waals surface area contributed by atoms with E-state index >= 15 is 0 Å². The van der Waals surface area contributed by atoms with E-state index in [2.05, 4.69) is 22.7 Å². The lowest BCUT2D eigenvalue weighted by Gasteiger charge is -2.04. The number of non-ortho nitro benzene ring substituents is 1. The van der Waals surface area contributed by atoms with E-state index in [1.54, 1.807) is 12.1 Å². The second-order valence-electron chi connectivity index (χ2n) is 3.20. The van der Waals surface area contributed by atoms with E-state index in [0.717, 1.165) is 0 Å². The number of thiocarbonyl (C=S) groups is 1. The lowest BCUT2D eigenvalue weighted by Crippen LogP contribution is -2.25. The molecule has 1 rings (SSSR count). The van der Waals surface area contributed by atoms with Crippen molar-refractivity contribution in [1.29, 1.82) is 0 Å². The van der Waals surface area contributed by atoms with Crippen LogP contribution in [0.1, 0.15) is 18.9 Å². The fourth-order valence-electron chi connectivity index (χ4n) is 1.27. The Kier molecular flexibility index (Phi) is 4.53. The van der Waals surface area contributed by atoms with E-state index in [0.29, 0.717) is 17.7 Å². The largest absolute Gasteiger partial charge is 0.375 e. The van der Waals surface area contributed by atoms with Crippen molar-refractivity contribution in [1.82, 2.24) is 5.43 Å². The molecule has 0 aromatic heterocycles. The van der Waals surface area contributed by atoms with Gasteiger partial charge in [-0.3, -0.25) is 15.5 Å². The van der Waals surface area contributed by atoms with Gasteiger partial charge in [0.2, 0.25) is 0 Å². The molecule has 0 fully saturated rings. The van der Waals surface area contributed by atoms with Crippen LogP contribution in [-0.2, 0) is 0 Å². The van der Waals surface area contributed by atoms with Gasteiger partial charge in [0, 0.05) is 17.7 Å². The van der Waals surface area contributed by atoms with Crippen LogP contribution in [0.4, 0.5) is 5.69 Å². The van der Waals surface area contributed by atoms with Crippen molar-refractivity contribution >= 4 is 28.7 Å². The van der Waals surface area contributed by atoms with Gasteiger partial charge in [-0.2, -0.15) is 5.10 Å². The number of nitrogens with two attached hydrogens (primary N) is 1. The van der Waals surface area contributed by atoms with Gasteiger partial charge in [0.05, 0.1) is 10.6 Å². The summed E-state index contributed by atoms with van der Waals surface area (Å²) in [6.07, 6.45) is 0.608. The number of hydrogen-bond donors (Lipinski definition) is 2. The fourth-order valence-corrected chi connectivity index (χ4v) is 1.31. The Bertz CT molecular complexity index is 473. The third-order valence-corrected chi connectivity index (χ3v) is 2.12. The number of hydrogen-bond acceptors (Lipinski definition) is 4. The molecule has 1 aromatic carbocycles. The summed E-state index contributed by atoms with van der Waals surface area (Å²) in [6.45, 7) is 1.89. The number of nitro groups is 1. The summed E-state index contributed by atoms with van der Waals surface area (Å²) in [5.74, 6) is 0. The van der Waals surface area contributed by atoms with Crippen LogP contribution in [0.5, 0.6) is 0 Å². The molecule has 0 bridgehead atoms. The quantitative estimate of drug-likeness (QED) is 0.367. The van der Waals surface area contributed by atoms with Crippen LogP contribution in [0.3, 0.4) is 0 Å². The molecule has 3 N–H and O–H groups in total. The number of benzene rings is 1. The molecule has 0 saturated carbocycles. The van der Waals surface area contributed by atoms with E-state index in [9.17, 15) is 10.1 Å². The van der Waals surface area contributed by atoms with Crippen molar-refractivity contribution in [2.24, 2.45) is 10.8 Å². The van der Waals surface area contributed by atoms with Gasteiger partial charge in [-0.15, -0.1) is 0 Å². The molecule has 0 atom stereocenters. The lowest BCUT2D eigenvalue weighted by molar-refractivity contribution is -0.384. The average molecular weight is 252 g/mol. The first-order chi connectivity index (χ1) is 8.04. The number of nitrogens with one attached hydrogen (secondary N) is 1. The second-order valence-corrected chi connectivity index (χ2v) is 3.64. The topological polar surface area (TPSA) is 93.5 Å². The molecule has 7 heteroatoms. The summed E-state index contributed by atoms with van der Waals surface area (Å²) in [6, 6.07) is 6.25. The van der Waals surface area contributed by atoms with Crippen LogP contribution in [0.15, 0.2) is 29.4 Å². The van der Waals surface area contributed by atoms with Gasteiger partial charge in [0.25, 0.3) is 5.69 Å². The summed E-state index contributed by atoms with van der Waals surface area (Å²) in [5, 5.41) is 14.7. The molecule has 0 saturated heterocycles. The summed E-state index contributed by atoms with van der Waals surface area (Å²) in [7, 11) is 0.